The monoisotopic (exact) mass is 197 g/mol. The van der Waals surface area contributed by atoms with Crippen LogP contribution in [0.4, 0.5) is 0 Å². The summed E-state index contributed by atoms with van der Waals surface area (Å²) in [5, 5.41) is 8.87. The van der Waals surface area contributed by atoms with Crippen LogP contribution in [0.15, 0.2) is 0 Å². The van der Waals surface area contributed by atoms with Gasteiger partial charge in [-0.1, -0.05) is 12.8 Å². The molecule has 0 spiro atoms. The molecule has 2 fully saturated rings. The fourth-order valence-electron chi connectivity index (χ4n) is 3.28. The Morgan fingerprint density at radius 2 is 1.86 bits per heavy atom. The molecule has 2 aliphatic rings. The number of piperidine rings is 1. The van der Waals surface area contributed by atoms with Gasteiger partial charge in [-0.3, -0.25) is 0 Å². The summed E-state index contributed by atoms with van der Waals surface area (Å²) in [5.41, 5.74) is 0. The van der Waals surface area contributed by atoms with Crippen LogP contribution in [-0.4, -0.2) is 35.7 Å². The lowest BCUT2D eigenvalue weighted by Crippen LogP contribution is -2.47. The van der Waals surface area contributed by atoms with Gasteiger partial charge in [0.05, 0.1) is 0 Å². The van der Waals surface area contributed by atoms with Gasteiger partial charge in [0.2, 0.25) is 0 Å². The van der Waals surface area contributed by atoms with Crippen molar-refractivity contribution in [2.24, 2.45) is 5.92 Å². The normalized spacial score (nSPS) is 34.1. The third-order valence-corrected chi connectivity index (χ3v) is 3.96. The van der Waals surface area contributed by atoms with Crippen molar-refractivity contribution in [2.75, 3.05) is 19.7 Å². The maximum Gasteiger partial charge on any atom is 0.0443 e. The maximum atomic E-state index is 8.87. The van der Waals surface area contributed by atoms with E-state index in [2.05, 4.69) is 4.90 Å². The lowest BCUT2D eigenvalue weighted by Gasteiger charge is -2.44. The highest BCUT2D eigenvalue weighted by atomic mass is 16.3. The van der Waals surface area contributed by atoms with Crippen LogP contribution in [0.3, 0.4) is 0 Å². The highest BCUT2D eigenvalue weighted by Gasteiger charge is 2.32. The van der Waals surface area contributed by atoms with E-state index in [9.17, 15) is 0 Å². The minimum Gasteiger partial charge on any atom is -0.396 e. The van der Waals surface area contributed by atoms with Gasteiger partial charge in [-0.2, -0.15) is 0 Å². The Morgan fingerprint density at radius 1 is 1.07 bits per heavy atom. The van der Waals surface area contributed by atoms with Gasteiger partial charge in [0.1, 0.15) is 0 Å². The maximum absolute atomic E-state index is 8.87. The van der Waals surface area contributed by atoms with Crippen molar-refractivity contribution in [2.45, 2.75) is 51.0 Å². The van der Waals surface area contributed by atoms with Gasteiger partial charge in [-0.15, -0.1) is 0 Å². The molecule has 1 heterocycles. The minimum absolute atomic E-state index is 0.355. The van der Waals surface area contributed by atoms with Crippen molar-refractivity contribution >= 4 is 0 Å². The fraction of sp³-hybridized carbons (Fsp3) is 1.00. The molecule has 2 nitrogen and oxygen atoms in total. The van der Waals surface area contributed by atoms with Crippen LogP contribution in [0.2, 0.25) is 0 Å². The van der Waals surface area contributed by atoms with Gasteiger partial charge >= 0.3 is 0 Å². The molecule has 1 aliphatic carbocycles. The molecule has 82 valence electrons. The minimum atomic E-state index is 0.355. The first-order valence-electron chi connectivity index (χ1n) is 6.26. The first-order chi connectivity index (χ1) is 6.92. The largest absolute Gasteiger partial charge is 0.396 e. The van der Waals surface area contributed by atoms with E-state index >= 15 is 0 Å². The molecule has 1 saturated carbocycles. The van der Waals surface area contributed by atoms with E-state index in [0.717, 1.165) is 24.9 Å². The van der Waals surface area contributed by atoms with Crippen LogP contribution in [0.25, 0.3) is 0 Å². The summed E-state index contributed by atoms with van der Waals surface area (Å²) in [6.45, 7) is 2.76. The SMILES string of the molecule is OCCCN1CCCC2CCCCC21. The molecule has 0 aromatic heterocycles. The van der Waals surface area contributed by atoms with Crippen LogP contribution in [0, 0.1) is 5.92 Å². The van der Waals surface area contributed by atoms with Crippen molar-refractivity contribution in [3.8, 4) is 0 Å². The predicted octanol–water partition coefficient (Wildman–Crippen LogP) is 2.02. The molecule has 2 heteroatoms. The Labute approximate surface area is 87.3 Å². The zero-order chi connectivity index (χ0) is 9.80. The second-order valence-corrected chi connectivity index (χ2v) is 4.87. The topological polar surface area (TPSA) is 23.5 Å². The molecule has 0 aromatic rings. The highest BCUT2D eigenvalue weighted by molar-refractivity contribution is 4.87. The van der Waals surface area contributed by atoms with Crippen molar-refractivity contribution < 1.29 is 5.11 Å². The van der Waals surface area contributed by atoms with E-state index < -0.39 is 0 Å². The third kappa shape index (κ3) is 2.29. The Bertz CT molecular complexity index is 170. The number of hydrogen-bond donors (Lipinski definition) is 1. The fourth-order valence-corrected chi connectivity index (χ4v) is 3.28. The number of nitrogens with zero attached hydrogens (tertiary/aromatic N) is 1. The molecule has 0 radical (unpaired) electrons. The number of hydrogen-bond acceptors (Lipinski definition) is 2. The molecule has 0 aromatic carbocycles. The molecule has 2 atom stereocenters. The van der Waals surface area contributed by atoms with Crippen LogP contribution in [-0.2, 0) is 0 Å². The number of aliphatic hydroxyl groups excluding tert-OH is 1. The number of fused-ring (bicyclic) bond motifs is 1. The Hall–Kier alpha value is -0.0800. The summed E-state index contributed by atoms with van der Waals surface area (Å²) < 4.78 is 0. The van der Waals surface area contributed by atoms with Crippen molar-refractivity contribution in [1.82, 2.24) is 4.90 Å². The first-order valence-corrected chi connectivity index (χ1v) is 6.26. The van der Waals surface area contributed by atoms with Gasteiger partial charge < -0.3 is 10.0 Å². The smallest absolute Gasteiger partial charge is 0.0443 e. The van der Waals surface area contributed by atoms with E-state index in [4.69, 9.17) is 5.11 Å². The van der Waals surface area contributed by atoms with Gasteiger partial charge in [-0.25, -0.2) is 0 Å². The zero-order valence-electron chi connectivity index (χ0n) is 9.12. The van der Waals surface area contributed by atoms with Crippen molar-refractivity contribution in [1.29, 1.82) is 0 Å². The third-order valence-electron chi connectivity index (χ3n) is 3.96. The summed E-state index contributed by atoms with van der Waals surface area (Å²) in [6, 6.07) is 0.865. The van der Waals surface area contributed by atoms with E-state index in [1.165, 1.54) is 45.1 Å². The second kappa shape index (κ2) is 5.13. The molecule has 0 amide bonds. The summed E-state index contributed by atoms with van der Waals surface area (Å²) in [7, 11) is 0. The van der Waals surface area contributed by atoms with Crippen LogP contribution < -0.4 is 0 Å². The molecule has 1 saturated heterocycles. The lowest BCUT2D eigenvalue weighted by atomic mass is 9.78. The van der Waals surface area contributed by atoms with Crippen molar-refractivity contribution in [3.63, 3.8) is 0 Å². The molecular formula is C12H23NO. The van der Waals surface area contributed by atoms with Gasteiger partial charge in [0.15, 0.2) is 0 Å². The van der Waals surface area contributed by atoms with E-state index in [0.29, 0.717) is 6.61 Å². The second-order valence-electron chi connectivity index (χ2n) is 4.87. The molecule has 1 N–H and O–H groups in total. The lowest BCUT2D eigenvalue weighted by molar-refractivity contribution is 0.0559. The molecule has 2 rings (SSSR count). The zero-order valence-corrected chi connectivity index (χ0v) is 9.12. The Morgan fingerprint density at radius 3 is 2.71 bits per heavy atom. The Balaban J connectivity index is 1.88. The predicted molar refractivity (Wildman–Crippen MR) is 58.3 cm³/mol. The molecule has 14 heavy (non-hydrogen) atoms. The average Bonchev–Trinajstić information content (AvgIpc) is 2.26. The quantitative estimate of drug-likeness (QED) is 0.748. The molecule has 0 bridgehead atoms. The summed E-state index contributed by atoms with van der Waals surface area (Å²) in [5.74, 6) is 0.983. The number of rotatable bonds is 3. The van der Waals surface area contributed by atoms with E-state index in [1.807, 2.05) is 0 Å². The molecule has 1 aliphatic heterocycles. The summed E-state index contributed by atoms with van der Waals surface area (Å²) in [4.78, 5) is 2.64. The molecule has 2 unspecified atom stereocenters. The average molecular weight is 197 g/mol. The van der Waals surface area contributed by atoms with Crippen LogP contribution in [0.1, 0.15) is 44.9 Å². The summed E-state index contributed by atoms with van der Waals surface area (Å²) >= 11 is 0. The van der Waals surface area contributed by atoms with Crippen molar-refractivity contribution in [3.05, 3.63) is 0 Å². The van der Waals surface area contributed by atoms with Crippen LogP contribution in [0.5, 0.6) is 0 Å². The summed E-state index contributed by atoms with van der Waals surface area (Å²) in [6.07, 6.45) is 9.55. The van der Waals surface area contributed by atoms with Gasteiger partial charge in [0.25, 0.3) is 0 Å². The first kappa shape index (κ1) is 10.4. The van der Waals surface area contributed by atoms with Gasteiger partial charge in [0, 0.05) is 19.2 Å². The number of likely N-dealkylation sites (tertiary alicyclic amines) is 1. The molecular weight excluding hydrogens is 174 g/mol. The van der Waals surface area contributed by atoms with Crippen LogP contribution >= 0.6 is 0 Å². The highest BCUT2D eigenvalue weighted by Crippen LogP contribution is 2.35. The number of aliphatic hydroxyl groups is 1. The standard InChI is InChI=1S/C12H23NO/c14-10-4-9-13-8-3-6-11-5-1-2-7-12(11)13/h11-12,14H,1-10H2. The van der Waals surface area contributed by atoms with Gasteiger partial charge in [-0.05, 0) is 44.6 Å². The Kier molecular flexibility index (Phi) is 3.82. The van der Waals surface area contributed by atoms with E-state index in [1.54, 1.807) is 0 Å². The van der Waals surface area contributed by atoms with E-state index in [-0.39, 0.29) is 0 Å².